The van der Waals surface area contributed by atoms with Gasteiger partial charge in [0.2, 0.25) is 0 Å². The summed E-state index contributed by atoms with van der Waals surface area (Å²) in [4.78, 5) is 14.5. The van der Waals surface area contributed by atoms with Crippen molar-refractivity contribution in [3.05, 3.63) is 35.1 Å². The predicted molar refractivity (Wildman–Crippen MR) is 101 cm³/mol. The minimum atomic E-state index is -1.00. The van der Waals surface area contributed by atoms with Gasteiger partial charge in [-0.25, -0.2) is 4.79 Å². The number of carbonyl (C=O) groups is 1. The van der Waals surface area contributed by atoms with Crippen LogP contribution in [0.3, 0.4) is 0 Å². The van der Waals surface area contributed by atoms with E-state index >= 15 is 0 Å². The van der Waals surface area contributed by atoms with Gasteiger partial charge in [0.05, 0.1) is 18.1 Å². The largest absolute Gasteiger partial charge is 0.493 e. The monoisotopic (exact) mass is 386 g/mol. The number of rotatable bonds is 3. The molecule has 2 aliphatic heterocycles. The number of nitrogens with two attached hydrogens (primary N) is 1. The second-order valence-corrected chi connectivity index (χ2v) is 8.50. The van der Waals surface area contributed by atoms with Crippen LogP contribution in [0.2, 0.25) is 0 Å². The topological polar surface area (TPSA) is 94.2 Å². The molecule has 1 aromatic carbocycles. The van der Waals surface area contributed by atoms with E-state index in [2.05, 4.69) is 18.0 Å². The number of hydrogen-bond donors (Lipinski definition) is 2. The number of hydrogen-bond acceptors (Lipinski definition) is 7. The summed E-state index contributed by atoms with van der Waals surface area (Å²) in [5.74, 6) is 1.25. The highest BCUT2D eigenvalue weighted by Gasteiger charge is 2.72. The standard InChI is InChI=1S/C21H26N2O5/c1-11(22)19(24)27-14-6-7-21(25)15-10-12-4-5-13(26-3)17-16(12)20(21,18(14)28-17)8-9-23(15)2/h4-6,11,15,18,25H,7-10,22H2,1-3H3/t11-,15-,18-,20-,21+/m0/s1. The van der Waals surface area contributed by atoms with Crippen LogP contribution < -0.4 is 15.2 Å². The van der Waals surface area contributed by atoms with E-state index in [4.69, 9.17) is 19.9 Å². The van der Waals surface area contributed by atoms with Gasteiger partial charge in [0, 0.05) is 18.0 Å². The zero-order valence-electron chi connectivity index (χ0n) is 16.4. The first-order chi connectivity index (χ1) is 13.3. The lowest BCUT2D eigenvalue weighted by atomic mass is 9.50. The second kappa shape index (κ2) is 5.72. The molecule has 0 saturated carbocycles. The predicted octanol–water partition coefficient (Wildman–Crippen LogP) is 0.863. The van der Waals surface area contributed by atoms with Crippen molar-refractivity contribution in [1.29, 1.82) is 0 Å². The average molecular weight is 386 g/mol. The number of nitrogens with zero attached hydrogens (tertiary/aromatic N) is 1. The lowest BCUT2D eigenvalue weighted by Gasteiger charge is -2.61. The van der Waals surface area contributed by atoms with Crippen LogP contribution in [0.25, 0.3) is 0 Å². The number of likely N-dealkylation sites (N-methyl/N-ethyl adjacent to an activating group) is 1. The third-order valence-corrected chi connectivity index (χ3v) is 7.15. The maximum atomic E-state index is 12.2. The third-order valence-electron chi connectivity index (χ3n) is 7.15. The molecule has 0 aromatic heterocycles. The van der Waals surface area contributed by atoms with Gasteiger partial charge in [0.15, 0.2) is 17.6 Å². The Morgan fingerprint density at radius 3 is 2.96 bits per heavy atom. The Bertz CT molecular complexity index is 897. The number of likely N-dealkylation sites (tertiary alicyclic amines) is 1. The Hall–Kier alpha value is -2.09. The summed E-state index contributed by atoms with van der Waals surface area (Å²) in [6, 6.07) is 3.23. The minimum Gasteiger partial charge on any atom is -0.493 e. The zero-order valence-corrected chi connectivity index (χ0v) is 16.4. The summed E-state index contributed by atoms with van der Waals surface area (Å²) in [7, 11) is 3.67. The first-order valence-electron chi connectivity index (χ1n) is 9.80. The van der Waals surface area contributed by atoms with E-state index in [1.54, 1.807) is 20.1 Å². The number of aliphatic hydroxyl groups is 1. The Morgan fingerprint density at radius 2 is 2.25 bits per heavy atom. The first kappa shape index (κ1) is 18.0. The Balaban J connectivity index is 1.72. The summed E-state index contributed by atoms with van der Waals surface area (Å²) in [5, 5.41) is 12.0. The van der Waals surface area contributed by atoms with Gasteiger partial charge in [-0.3, -0.25) is 0 Å². The fraction of sp³-hybridized carbons (Fsp3) is 0.571. The summed E-state index contributed by atoms with van der Waals surface area (Å²) in [6.07, 6.45) is 3.09. The molecule has 1 saturated heterocycles. The lowest BCUT2D eigenvalue weighted by molar-refractivity contribution is -0.169. The smallest absolute Gasteiger partial charge is 0.327 e. The number of esters is 1. The number of benzene rings is 1. The van der Waals surface area contributed by atoms with Crippen molar-refractivity contribution in [1.82, 2.24) is 4.90 Å². The van der Waals surface area contributed by atoms with Crippen molar-refractivity contribution in [2.24, 2.45) is 5.73 Å². The van der Waals surface area contributed by atoms with Gasteiger partial charge < -0.3 is 30.0 Å². The Morgan fingerprint density at radius 1 is 1.46 bits per heavy atom. The molecule has 28 heavy (non-hydrogen) atoms. The van der Waals surface area contributed by atoms with Crippen LogP contribution >= 0.6 is 0 Å². The molecule has 0 amide bonds. The van der Waals surface area contributed by atoms with Crippen LogP contribution in [0, 0.1) is 0 Å². The van der Waals surface area contributed by atoms with E-state index in [-0.39, 0.29) is 6.04 Å². The summed E-state index contributed by atoms with van der Waals surface area (Å²) < 4.78 is 17.6. The lowest BCUT2D eigenvalue weighted by Crippen LogP contribution is -2.74. The van der Waals surface area contributed by atoms with Gasteiger partial charge in [-0.2, -0.15) is 0 Å². The molecule has 2 aliphatic carbocycles. The highest BCUT2D eigenvalue weighted by Crippen LogP contribution is 2.65. The van der Waals surface area contributed by atoms with Crippen LogP contribution in [0.1, 0.15) is 30.9 Å². The summed E-state index contributed by atoms with van der Waals surface area (Å²) in [5.41, 5.74) is 6.23. The first-order valence-corrected chi connectivity index (χ1v) is 9.80. The molecular formula is C21H26N2O5. The molecule has 0 radical (unpaired) electrons. The molecule has 1 aromatic rings. The van der Waals surface area contributed by atoms with E-state index in [1.165, 1.54) is 5.56 Å². The highest BCUT2D eigenvalue weighted by molar-refractivity contribution is 5.76. The Labute approximate surface area is 164 Å². The van der Waals surface area contributed by atoms with Gasteiger partial charge in [-0.15, -0.1) is 0 Å². The van der Waals surface area contributed by atoms with Gasteiger partial charge in [0.25, 0.3) is 0 Å². The zero-order chi connectivity index (χ0) is 19.8. The van der Waals surface area contributed by atoms with Crippen molar-refractivity contribution >= 4 is 5.97 Å². The van der Waals surface area contributed by atoms with Gasteiger partial charge in [-0.05, 0) is 51.1 Å². The molecule has 5 atom stereocenters. The SMILES string of the molecule is COc1ccc2c3c1O[C@H]1C(OC(=O)[C@H](C)N)=CC[C@@]4(O)[C@H](C2)N(C)CC[C@]314. The van der Waals surface area contributed by atoms with E-state index < -0.39 is 29.1 Å². The number of methoxy groups -OCH3 is 1. The fourth-order valence-corrected chi connectivity index (χ4v) is 5.80. The van der Waals surface area contributed by atoms with E-state index in [9.17, 15) is 9.90 Å². The average Bonchev–Trinajstić information content (AvgIpc) is 3.02. The maximum absolute atomic E-state index is 12.2. The normalized spacial score (nSPS) is 36.1. The van der Waals surface area contributed by atoms with Crippen LogP contribution in [-0.2, 0) is 21.4 Å². The van der Waals surface area contributed by atoms with Gasteiger partial charge in [-0.1, -0.05) is 6.07 Å². The number of piperidine rings is 1. The highest BCUT2D eigenvalue weighted by atomic mass is 16.6. The van der Waals surface area contributed by atoms with Crippen molar-refractivity contribution in [2.75, 3.05) is 20.7 Å². The number of carbonyl (C=O) groups excluding carboxylic acids is 1. The molecule has 2 heterocycles. The summed E-state index contributed by atoms with van der Waals surface area (Å²) >= 11 is 0. The molecule has 4 aliphatic rings. The maximum Gasteiger partial charge on any atom is 0.327 e. The van der Waals surface area contributed by atoms with Crippen LogP contribution in [-0.4, -0.2) is 60.5 Å². The molecule has 2 bridgehead atoms. The molecule has 7 nitrogen and oxygen atoms in total. The molecule has 1 spiro atoms. The quantitative estimate of drug-likeness (QED) is 0.744. The van der Waals surface area contributed by atoms with E-state index in [0.717, 1.165) is 18.5 Å². The molecular weight excluding hydrogens is 360 g/mol. The molecule has 5 rings (SSSR count). The van der Waals surface area contributed by atoms with Gasteiger partial charge in [0.1, 0.15) is 11.8 Å². The molecule has 7 heteroatoms. The van der Waals surface area contributed by atoms with Crippen LogP contribution in [0.4, 0.5) is 0 Å². The molecule has 3 N–H and O–H groups in total. The fourth-order valence-electron chi connectivity index (χ4n) is 5.80. The van der Waals surface area contributed by atoms with Gasteiger partial charge >= 0.3 is 5.97 Å². The molecule has 1 fully saturated rings. The van der Waals surface area contributed by atoms with Crippen molar-refractivity contribution in [3.8, 4) is 11.5 Å². The summed E-state index contributed by atoms with van der Waals surface area (Å²) in [6.45, 7) is 2.43. The van der Waals surface area contributed by atoms with Crippen LogP contribution in [0.15, 0.2) is 24.0 Å². The van der Waals surface area contributed by atoms with Crippen molar-refractivity contribution in [2.45, 2.75) is 55.4 Å². The molecule has 150 valence electrons. The minimum absolute atomic E-state index is 0.0267. The van der Waals surface area contributed by atoms with E-state index in [0.29, 0.717) is 30.1 Å². The second-order valence-electron chi connectivity index (χ2n) is 8.50. The van der Waals surface area contributed by atoms with Crippen molar-refractivity contribution in [3.63, 3.8) is 0 Å². The third kappa shape index (κ3) is 1.97. The van der Waals surface area contributed by atoms with Crippen LogP contribution in [0.5, 0.6) is 11.5 Å². The van der Waals surface area contributed by atoms with E-state index in [1.807, 2.05) is 6.07 Å². The number of ether oxygens (including phenoxy) is 3. The Kier molecular flexibility index (Phi) is 3.67. The van der Waals surface area contributed by atoms with Crippen molar-refractivity contribution < 1.29 is 24.1 Å². The molecule has 0 unspecified atom stereocenters.